The Hall–Kier alpha value is -4.86. The van der Waals surface area contributed by atoms with E-state index in [9.17, 15) is 19.7 Å². The Balaban J connectivity index is 1.32. The Labute approximate surface area is 193 Å². The van der Waals surface area contributed by atoms with Crippen LogP contribution in [0.5, 0.6) is 5.75 Å². The number of hydrogen-bond acceptors (Lipinski definition) is 7. The summed E-state index contributed by atoms with van der Waals surface area (Å²) in [4.78, 5) is 39.2. The Kier molecular flexibility index (Phi) is 6.40. The number of ether oxygens (including phenoxy) is 1. The number of non-ortho nitro benzene ring substituents is 1. The van der Waals surface area contributed by atoms with Crippen LogP contribution in [-0.2, 0) is 18.3 Å². The number of nitrogens with one attached hydrogen (secondary N) is 1. The Morgan fingerprint density at radius 3 is 2.62 bits per heavy atom. The molecule has 0 aliphatic rings. The van der Waals surface area contributed by atoms with Gasteiger partial charge < -0.3 is 9.30 Å². The summed E-state index contributed by atoms with van der Waals surface area (Å²) < 4.78 is 7.12. The van der Waals surface area contributed by atoms with Crippen molar-refractivity contribution in [3.05, 3.63) is 99.9 Å². The highest BCUT2D eigenvalue weighted by atomic mass is 16.6. The van der Waals surface area contributed by atoms with Gasteiger partial charge in [0.2, 0.25) is 5.91 Å². The zero-order valence-corrected chi connectivity index (χ0v) is 18.0. The molecule has 34 heavy (non-hydrogen) atoms. The maximum Gasteiger partial charge on any atom is 0.343 e. The number of rotatable bonds is 7. The van der Waals surface area contributed by atoms with Crippen molar-refractivity contribution in [3.8, 4) is 5.75 Å². The van der Waals surface area contributed by atoms with Crippen molar-refractivity contribution in [1.82, 2.24) is 15.0 Å². The third-order valence-electron chi connectivity index (χ3n) is 4.98. The van der Waals surface area contributed by atoms with Gasteiger partial charge in [-0.05, 0) is 48.0 Å². The number of para-hydroxylation sites is 2. The normalized spacial score (nSPS) is 11.0. The third-order valence-corrected chi connectivity index (χ3v) is 4.98. The molecule has 4 aromatic rings. The summed E-state index contributed by atoms with van der Waals surface area (Å²) in [6, 6.07) is 19.3. The highest BCUT2D eigenvalue weighted by Gasteiger charge is 2.14. The molecule has 3 aromatic carbocycles. The van der Waals surface area contributed by atoms with E-state index >= 15 is 0 Å². The molecule has 0 aliphatic carbocycles. The number of hydrogen-bond donors (Lipinski definition) is 1. The van der Waals surface area contributed by atoms with Crippen LogP contribution in [0.4, 0.5) is 5.69 Å². The molecule has 0 bridgehead atoms. The lowest BCUT2D eigenvalue weighted by atomic mass is 10.2. The number of nitro benzene ring substituents is 1. The molecular formula is C24H19N5O5. The molecule has 170 valence electrons. The first-order chi connectivity index (χ1) is 16.4. The van der Waals surface area contributed by atoms with Crippen molar-refractivity contribution in [2.75, 3.05) is 0 Å². The molecule has 1 N–H and O–H groups in total. The van der Waals surface area contributed by atoms with E-state index in [0.29, 0.717) is 11.4 Å². The fraction of sp³-hybridized carbons (Fsp3) is 0.0833. The van der Waals surface area contributed by atoms with E-state index in [0.717, 1.165) is 17.1 Å². The van der Waals surface area contributed by atoms with Gasteiger partial charge in [-0.15, -0.1) is 0 Å². The summed E-state index contributed by atoms with van der Waals surface area (Å²) >= 11 is 0. The van der Waals surface area contributed by atoms with Crippen LogP contribution in [0.15, 0.2) is 77.9 Å². The molecule has 10 heteroatoms. The Morgan fingerprint density at radius 1 is 1.12 bits per heavy atom. The SMILES string of the molecule is Cn1c(CC(=O)N/N=C/c2ccc(OC(=O)c3cccc([N+](=O)[O-])c3)cc2)nc2ccccc21. The van der Waals surface area contributed by atoms with Crippen molar-refractivity contribution in [2.24, 2.45) is 12.1 Å². The molecule has 0 aliphatic heterocycles. The van der Waals surface area contributed by atoms with Gasteiger partial charge in [-0.2, -0.15) is 5.10 Å². The van der Waals surface area contributed by atoms with Gasteiger partial charge in [0.05, 0.1) is 34.2 Å². The second kappa shape index (κ2) is 9.74. The van der Waals surface area contributed by atoms with Gasteiger partial charge in [0.1, 0.15) is 11.6 Å². The molecule has 0 unspecified atom stereocenters. The summed E-state index contributed by atoms with van der Waals surface area (Å²) in [6.45, 7) is 0. The van der Waals surface area contributed by atoms with Crippen LogP contribution in [-0.4, -0.2) is 32.6 Å². The summed E-state index contributed by atoms with van der Waals surface area (Å²) in [6.07, 6.45) is 1.54. The average Bonchev–Trinajstić information content (AvgIpc) is 3.15. The zero-order chi connectivity index (χ0) is 24.1. The molecule has 0 radical (unpaired) electrons. The number of esters is 1. The summed E-state index contributed by atoms with van der Waals surface area (Å²) in [5.41, 5.74) is 4.78. The van der Waals surface area contributed by atoms with Crippen LogP contribution in [0, 0.1) is 10.1 Å². The number of hydrazone groups is 1. The first kappa shape index (κ1) is 22.3. The van der Waals surface area contributed by atoms with Crippen molar-refractivity contribution in [1.29, 1.82) is 0 Å². The lowest BCUT2D eigenvalue weighted by Crippen LogP contribution is -2.21. The molecule has 4 rings (SSSR count). The van der Waals surface area contributed by atoms with Gasteiger partial charge >= 0.3 is 5.97 Å². The van der Waals surface area contributed by atoms with Crippen molar-refractivity contribution in [3.63, 3.8) is 0 Å². The van der Waals surface area contributed by atoms with Crippen molar-refractivity contribution in [2.45, 2.75) is 6.42 Å². The highest BCUT2D eigenvalue weighted by Crippen LogP contribution is 2.17. The number of benzene rings is 3. The van der Waals surface area contributed by atoms with E-state index in [4.69, 9.17) is 4.74 Å². The van der Waals surface area contributed by atoms with Crippen LogP contribution in [0.25, 0.3) is 11.0 Å². The summed E-state index contributed by atoms with van der Waals surface area (Å²) in [5.74, 6) is -0.125. The molecule has 0 atom stereocenters. The van der Waals surface area contributed by atoms with E-state index in [-0.39, 0.29) is 29.3 Å². The molecule has 10 nitrogen and oxygen atoms in total. The second-order valence-electron chi connectivity index (χ2n) is 7.31. The zero-order valence-electron chi connectivity index (χ0n) is 18.0. The number of imidazole rings is 1. The molecule has 1 amide bonds. The first-order valence-corrected chi connectivity index (χ1v) is 10.2. The van der Waals surface area contributed by atoms with E-state index in [2.05, 4.69) is 15.5 Å². The van der Waals surface area contributed by atoms with Crippen molar-refractivity contribution >= 4 is 34.8 Å². The van der Waals surface area contributed by atoms with Crippen LogP contribution in [0.1, 0.15) is 21.7 Å². The molecule has 1 aromatic heterocycles. The molecule has 0 saturated heterocycles. The predicted molar refractivity (Wildman–Crippen MR) is 125 cm³/mol. The Morgan fingerprint density at radius 2 is 1.88 bits per heavy atom. The molecule has 0 fully saturated rings. The fourth-order valence-electron chi connectivity index (χ4n) is 3.25. The monoisotopic (exact) mass is 457 g/mol. The highest BCUT2D eigenvalue weighted by molar-refractivity contribution is 5.92. The number of nitro groups is 1. The fourth-order valence-corrected chi connectivity index (χ4v) is 3.25. The number of amides is 1. The van der Waals surface area contributed by atoms with E-state index < -0.39 is 10.9 Å². The molecule has 0 saturated carbocycles. The van der Waals surface area contributed by atoms with Crippen molar-refractivity contribution < 1.29 is 19.2 Å². The minimum Gasteiger partial charge on any atom is -0.423 e. The lowest BCUT2D eigenvalue weighted by Gasteiger charge is -2.05. The molecular weight excluding hydrogens is 438 g/mol. The van der Waals surface area contributed by atoms with E-state index in [1.165, 1.54) is 24.4 Å². The van der Waals surface area contributed by atoms with E-state index in [1.54, 1.807) is 24.3 Å². The number of fused-ring (bicyclic) bond motifs is 1. The minimum atomic E-state index is -0.709. The Bertz CT molecular complexity index is 1410. The quantitative estimate of drug-likeness (QED) is 0.149. The summed E-state index contributed by atoms with van der Waals surface area (Å²) in [7, 11) is 1.86. The maximum atomic E-state index is 12.2. The molecule has 1 heterocycles. The van der Waals surface area contributed by atoms with Crippen LogP contribution in [0.2, 0.25) is 0 Å². The minimum absolute atomic E-state index is 0.0724. The topological polar surface area (TPSA) is 129 Å². The third kappa shape index (κ3) is 5.13. The second-order valence-corrected chi connectivity index (χ2v) is 7.31. The average molecular weight is 457 g/mol. The van der Waals surface area contributed by atoms with Gasteiger partial charge in [-0.3, -0.25) is 14.9 Å². The van der Waals surface area contributed by atoms with Crippen LogP contribution >= 0.6 is 0 Å². The lowest BCUT2D eigenvalue weighted by molar-refractivity contribution is -0.384. The number of carbonyl (C=O) groups excluding carboxylic acids is 2. The van der Waals surface area contributed by atoms with Gasteiger partial charge in [-0.25, -0.2) is 15.2 Å². The van der Waals surface area contributed by atoms with Crippen LogP contribution < -0.4 is 10.2 Å². The number of nitrogens with zero attached hydrogens (tertiary/aromatic N) is 4. The smallest absolute Gasteiger partial charge is 0.343 e. The first-order valence-electron chi connectivity index (χ1n) is 10.2. The van der Waals surface area contributed by atoms with Gasteiger partial charge in [0.25, 0.3) is 5.69 Å². The predicted octanol–water partition coefficient (Wildman–Crippen LogP) is 3.39. The largest absolute Gasteiger partial charge is 0.423 e. The molecule has 0 spiro atoms. The number of aromatic nitrogens is 2. The standard InChI is InChI=1S/C24H19N5O5/c1-28-21-8-3-2-7-20(21)26-22(28)14-23(30)27-25-15-16-9-11-19(12-10-16)34-24(31)17-5-4-6-18(13-17)29(32)33/h2-13,15H,14H2,1H3,(H,27,30)/b25-15+. The summed E-state index contributed by atoms with van der Waals surface area (Å²) in [5, 5.41) is 14.8. The number of aryl methyl sites for hydroxylation is 1. The van der Waals surface area contributed by atoms with Gasteiger partial charge in [-0.1, -0.05) is 18.2 Å². The van der Waals surface area contributed by atoms with E-state index in [1.807, 2.05) is 35.9 Å². The van der Waals surface area contributed by atoms with Crippen LogP contribution in [0.3, 0.4) is 0 Å². The van der Waals surface area contributed by atoms with Gasteiger partial charge in [0.15, 0.2) is 0 Å². The maximum absolute atomic E-state index is 12.2. The number of carbonyl (C=O) groups is 2. The van der Waals surface area contributed by atoms with Gasteiger partial charge in [0, 0.05) is 19.2 Å².